The van der Waals surface area contributed by atoms with Crippen molar-refractivity contribution in [3.05, 3.63) is 50.9 Å². The lowest BCUT2D eigenvalue weighted by Gasteiger charge is -2.02. The molecule has 1 aromatic carbocycles. The van der Waals surface area contributed by atoms with Crippen molar-refractivity contribution in [1.82, 2.24) is 10.5 Å². The molecule has 1 aromatic heterocycles. The molecule has 0 saturated heterocycles. The molecule has 3 rings (SSSR count). The minimum Gasteiger partial charge on any atom is -0.361 e. The number of halogens is 1. The molecular formula is C14H15IN2O. The molecule has 0 radical (unpaired) electrons. The van der Waals surface area contributed by atoms with Crippen LogP contribution in [0.2, 0.25) is 0 Å². The fourth-order valence-corrected chi connectivity index (χ4v) is 2.56. The van der Waals surface area contributed by atoms with Crippen LogP contribution in [0.25, 0.3) is 0 Å². The molecular weight excluding hydrogens is 339 g/mol. The standard InChI is InChI=1S/C14H15IN2O/c15-12-3-1-2-10(6-12)8-16-9-13-7-14(18-17-13)11-4-5-11/h1-3,6-7,11,16H,4-5,8-9H2. The fourth-order valence-electron chi connectivity index (χ4n) is 1.95. The molecule has 0 amide bonds. The summed E-state index contributed by atoms with van der Waals surface area (Å²) in [7, 11) is 0. The topological polar surface area (TPSA) is 38.1 Å². The second-order valence-electron chi connectivity index (χ2n) is 4.73. The first-order chi connectivity index (χ1) is 8.81. The molecule has 0 unspecified atom stereocenters. The van der Waals surface area contributed by atoms with Crippen molar-refractivity contribution < 1.29 is 4.52 Å². The van der Waals surface area contributed by atoms with E-state index in [1.165, 1.54) is 22.0 Å². The highest BCUT2D eigenvalue weighted by Crippen LogP contribution is 2.40. The van der Waals surface area contributed by atoms with Gasteiger partial charge in [0.15, 0.2) is 0 Å². The average molecular weight is 354 g/mol. The van der Waals surface area contributed by atoms with Gasteiger partial charge >= 0.3 is 0 Å². The number of nitrogens with zero attached hydrogens (tertiary/aromatic N) is 1. The molecule has 1 saturated carbocycles. The molecule has 1 N–H and O–H groups in total. The monoisotopic (exact) mass is 354 g/mol. The zero-order chi connectivity index (χ0) is 12.4. The third-order valence-electron chi connectivity index (χ3n) is 3.08. The van der Waals surface area contributed by atoms with E-state index in [0.29, 0.717) is 5.92 Å². The number of hydrogen-bond donors (Lipinski definition) is 1. The summed E-state index contributed by atoms with van der Waals surface area (Å²) in [6.45, 7) is 1.63. The Morgan fingerprint density at radius 3 is 2.94 bits per heavy atom. The summed E-state index contributed by atoms with van der Waals surface area (Å²) in [5, 5.41) is 7.48. The number of aromatic nitrogens is 1. The van der Waals surface area contributed by atoms with E-state index in [1.54, 1.807) is 0 Å². The molecule has 1 aliphatic rings. The highest BCUT2D eigenvalue weighted by atomic mass is 127. The van der Waals surface area contributed by atoms with E-state index in [4.69, 9.17) is 4.52 Å². The first kappa shape index (κ1) is 12.2. The Morgan fingerprint density at radius 2 is 2.17 bits per heavy atom. The Hall–Kier alpha value is -0.880. The van der Waals surface area contributed by atoms with Gasteiger partial charge in [-0.25, -0.2) is 0 Å². The Labute approximate surface area is 120 Å². The molecule has 0 aliphatic heterocycles. The summed E-state index contributed by atoms with van der Waals surface area (Å²) in [5.74, 6) is 1.70. The molecule has 1 aliphatic carbocycles. The maximum atomic E-state index is 5.32. The van der Waals surface area contributed by atoms with Crippen LogP contribution in [0.15, 0.2) is 34.9 Å². The van der Waals surface area contributed by atoms with Crippen molar-refractivity contribution in [2.75, 3.05) is 0 Å². The van der Waals surface area contributed by atoms with Crippen LogP contribution >= 0.6 is 22.6 Å². The van der Waals surface area contributed by atoms with Gasteiger partial charge in [0.2, 0.25) is 0 Å². The molecule has 3 nitrogen and oxygen atoms in total. The van der Waals surface area contributed by atoms with E-state index in [9.17, 15) is 0 Å². The van der Waals surface area contributed by atoms with Gasteiger partial charge in [0, 0.05) is 28.6 Å². The molecule has 2 aromatic rings. The zero-order valence-electron chi connectivity index (χ0n) is 10.0. The zero-order valence-corrected chi connectivity index (χ0v) is 12.2. The van der Waals surface area contributed by atoms with Crippen LogP contribution in [-0.2, 0) is 13.1 Å². The minimum absolute atomic E-state index is 0.641. The Kier molecular flexibility index (Phi) is 3.65. The third-order valence-corrected chi connectivity index (χ3v) is 3.75. The number of hydrogen-bond acceptors (Lipinski definition) is 3. The number of benzene rings is 1. The Balaban J connectivity index is 1.51. The molecule has 1 fully saturated rings. The largest absolute Gasteiger partial charge is 0.361 e. The summed E-state index contributed by atoms with van der Waals surface area (Å²) >= 11 is 2.33. The Morgan fingerprint density at radius 1 is 1.28 bits per heavy atom. The quantitative estimate of drug-likeness (QED) is 0.836. The molecule has 18 heavy (non-hydrogen) atoms. The van der Waals surface area contributed by atoms with Crippen molar-refractivity contribution in [1.29, 1.82) is 0 Å². The molecule has 1 heterocycles. The lowest BCUT2D eigenvalue weighted by molar-refractivity contribution is 0.376. The van der Waals surface area contributed by atoms with Gasteiger partial charge in [0.05, 0.1) is 5.69 Å². The predicted molar refractivity (Wildman–Crippen MR) is 78.2 cm³/mol. The van der Waals surface area contributed by atoms with E-state index < -0.39 is 0 Å². The average Bonchev–Trinajstić information content (AvgIpc) is 3.10. The van der Waals surface area contributed by atoms with Gasteiger partial charge in [0.25, 0.3) is 0 Å². The maximum absolute atomic E-state index is 5.32. The number of nitrogens with one attached hydrogen (secondary N) is 1. The lowest BCUT2D eigenvalue weighted by atomic mass is 10.2. The van der Waals surface area contributed by atoms with Gasteiger partial charge in [-0.2, -0.15) is 0 Å². The minimum atomic E-state index is 0.641. The van der Waals surface area contributed by atoms with Crippen LogP contribution in [0.4, 0.5) is 0 Å². The van der Waals surface area contributed by atoms with E-state index in [1.807, 2.05) is 0 Å². The first-order valence-corrected chi connectivity index (χ1v) is 7.30. The number of rotatable bonds is 5. The van der Waals surface area contributed by atoms with E-state index in [2.05, 4.69) is 63.4 Å². The Bertz CT molecular complexity index is 534. The van der Waals surface area contributed by atoms with E-state index >= 15 is 0 Å². The predicted octanol–water partition coefficient (Wildman–Crippen LogP) is 3.45. The highest BCUT2D eigenvalue weighted by Gasteiger charge is 2.27. The lowest BCUT2D eigenvalue weighted by Crippen LogP contribution is -2.12. The van der Waals surface area contributed by atoms with Crippen LogP contribution < -0.4 is 5.32 Å². The summed E-state index contributed by atoms with van der Waals surface area (Å²) in [5.41, 5.74) is 2.30. The van der Waals surface area contributed by atoms with Crippen LogP contribution in [-0.4, -0.2) is 5.16 Å². The molecule has 0 bridgehead atoms. The van der Waals surface area contributed by atoms with Crippen LogP contribution in [0.3, 0.4) is 0 Å². The van der Waals surface area contributed by atoms with Crippen molar-refractivity contribution in [3.8, 4) is 0 Å². The smallest absolute Gasteiger partial charge is 0.140 e. The van der Waals surface area contributed by atoms with Gasteiger partial charge in [0.1, 0.15) is 5.76 Å². The summed E-state index contributed by atoms with van der Waals surface area (Å²) in [6, 6.07) is 10.6. The fraction of sp³-hybridized carbons (Fsp3) is 0.357. The van der Waals surface area contributed by atoms with Crippen LogP contribution in [0.1, 0.15) is 35.8 Å². The summed E-state index contributed by atoms with van der Waals surface area (Å²) in [6.07, 6.45) is 2.51. The van der Waals surface area contributed by atoms with Gasteiger partial charge in [-0.1, -0.05) is 17.3 Å². The summed E-state index contributed by atoms with van der Waals surface area (Å²) in [4.78, 5) is 0. The van der Waals surface area contributed by atoms with Gasteiger partial charge in [-0.3, -0.25) is 0 Å². The van der Waals surface area contributed by atoms with Crippen molar-refractivity contribution in [3.63, 3.8) is 0 Å². The SMILES string of the molecule is Ic1cccc(CNCc2cc(C3CC3)on2)c1. The molecule has 94 valence electrons. The molecule has 0 atom stereocenters. The van der Waals surface area contributed by atoms with Crippen LogP contribution in [0, 0.1) is 3.57 Å². The van der Waals surface area contributed by atoms with E-state index in [0.717, 1.165) is 24.5 Å². The van der Waals surface area contributed by atoms with Gasteiger partial charge in [-0.05, 0) is 53.1 Å². The normalized spacial score (nSPS) is 14.9. The van der Waals surface area contributed by atoms with Gasteiger partial charge in [-0.15, -0.1) is 0 Å². The van der Waals surface area contributed by atoms with Crippen LogP contribution in [0.5, 0.6) is 0 Å². The molecule has 4 heteroatoms. The maximum Gasteiger partial charge on any atom is 0.140 e. The molecule has 0 spiro atoms. The second-order valence-corrected chi connectivity index (χ2v) is 5.97. The van der Waals surface area contributed by atoms with Crippen molar-refractivity contribution in [2.24, 2.45) is 0 Å². The summed E-state index contributed by atoms with van der Waals surface area (Å²) < 4.78 is 6.59. The third kappa shape index (κ3) is 3.11. The van der Waals surface area contributed by atoms with E-state index in [-0.39, 0.29) is 0 Å². The van der Waals surface area contributed by atoms with Crippen molar-refractivity contribution >= 4 is 22.6 Å². The second kappa shape index (κ2) is 5.40. The first-order valence-electron chi connectivity index (χ1n) is 6.22. The van der Waals surface area contributed by atoms with Gasteiger partial charge < -0.3 is 9.84 Å². The van der Waals surface area contributed by atoms with Crippen molar-refractivity contribution in [2.45, 2.75) is 31.8 Å². The highest BCUT2D eigenvalue weighted by molar-refractivity contribution is 14.1.